The van der Waals surface area contributed by atoms with Crippen molar-refractivity contribution >= 4 is 0 Å². The van der Waals surface area contributed by atoms with Crippen molar-refractivity contribution in [3.8, 4) is 0 Å². The molecule has 0 amide bonds. The van der Waals surface area contributed by atoms with Gasteiger partial charge in [-0.25, -0.2) is 0 Å². The lowest BCUT2D eigenvalue weighted by atomic mass is 9.84. The topological polar surface area (TPSA) is 15.3 Å². The van der Waals surface area contributed by atoms with Crippen LogP contribution in [0, 0.1) is 5.92 Å². The summed E-state index contributed by atoms with van der Waals surface area (Å²) in [4.78, 5) is 2.73. The Morgan fingerprint density at radius 2 is 2.07 bits per heavy atom. The molecular formula is C13H26N2. The molecule has 88 valence electrons. The van der Waals surface area contributed by atoms with Crippen LogP contribution in [0.1, 0.15) is 46.0 Å². The van der Waals surface area contributed by atoms with Crippen LogP contribution in [0.5, 0.6) is 0 Å². The summed E-state index contributed by atoms with van der Waals surface area (Å²) in [7, 11) is 0. The van der Waals surface area contributed by atoms with Crippen LogP contribution in [0.4, 0.5) is 0 Å². The van der Waals surface area contributed by atoms with E-state index in [2.05, 4.69) is 24.1 Å². The molecule has 0 aromatic heterocycles. The molecule has 2 fully saturated rings. The van der Waals surface area contributed by atoms with E-state index in [0.29, 0.717) is 0 Å². The molecular weight excluding hydrogens is 184 g/mol. The fourth-order valence-corrected chi connectivity index (χ4v) is 2.74. The Balaban J connectivity index is 1.86. The molecule has 15 heavy (non-hydrogen) atoms. The van der Waals surface area contributed by atoms with Gasteiger partial charge in [0.25, 0.3) is 0 Å². The number of nitrogens with zero attached hydrogens (tertiary/aromatic N) is 1. The summed E-state index contributed by atoms with van der Waals surface area (Å²) >= 11 is 0. The predicted molar refractivity (Wildman–Crippen MR) is 65.1 cm³/mol. The minimum absolute atomic E-state index is 0.732. The highest BCUT2D eigenvalue weighted by molar-refractivity contribution is 4.83. The summed E-state index contributed by atoms with van der Waals surface area (Å²) in [5.41, 5.74) is 0. The molecule has 0 bridgehead atoms. The maximum Gasteiger partial charge on any atom is 0.0192 e. The summed E-state index contributed by atoms with van der Waals surface area (Å²) in [5.74, 6) is 1.02. The van der Waals surface area contributed by atoms with Crippen molar-refractivity contribution in [2.45, 2.75) is 58.0 Å². The maximum atomic E-state index is 3.66. The molecule has 2 atom stereocenters. The van der Waals surface area contributed by atoms with Crippen LogP contribution in [0.3, 0.4) is 0 Å². The molecule has 1 heterocycles. The molecule has 1 N–H and O–H groups in total. The van der Waals surface area contributed by atoms with Crippen molar-refractivity contribution < 1.29 is 0 Å². The van der Waals surface area contributed by atoms with E-state index in [0.717, 1.165) is 18.0 Å². The SMILES string of the molecule is CCC1CN(CC2CCC2)C(C)CCN1. The zero-order valence-corrected chi connectivity index (χ0v) is 10.3. The van der Waals surface area contributed by atoms with Gasteiger partial charge in [-0.15, -0.1) is 0 Å². The normalized spacial score (nSPS) is 34.8. The van der Waals surface area contributed by atoms with Crippen molar-refractivity contribution in [2.75, 3.05) is 19.6 Å². The van der Waals surface area contributed by atoms with Gasteiger partial charge in [0, 0.05) is 25.2 Å². The summed E-state index contributed by atoms with van der Waals surface area (Å²) in [6, 6.07) is 1.52. The highest BCUT2D eigenvalue weighted by Crippen LogP contribution is 2.28. The van der Waals surface area contributed by atoms with E-state index in [1.807, 2.05) is 0 Å². The fraction of sp³-hybridized carbons (Fsp3) is 1.00. The molecule has 1 aliphatic heterocycles. The first-order valence-corrected chi connectivity index (χ1v) is 6.77. The summed E-state index contributed by atoms with van der Waals surface area (Å²) in [6.07, 6.45) is 7.03. The highest BCUT2D eigenvalue weighted by Gasteiger charge is 2.26. The van der Waals surface area contributed by atoms with Gasteiger partial charge in [0.15, 0.2) is 0 Å². The van der Waals surface area contributed by atoms with Gasteiger partial charge in [0.05, 0.1) is 0 Å². The van der Waals surface area contributed by atoms with Crippen LogP contribution in [-0.2, 0) is 0 Å². The van der Waals surface area contributed by atoms with Crippen LogP contribution in [0.15, 0.2) is 0 Å². The van der Waals surface area contributed by atoms with Gasteiger partial charge >= 0.3 is 0 Å². The van der Waals surface area contributed by atoms with E-state index in [1.54, 1.807) is 0 Å². The van der Waals surface area contributed by atoms with Gasteiger partial charge in [0.1, 0.15) is 0 Å². The first-order chi connectivity index (χ1) is 7.29. The highest BCUT2D eigenvalue weighted by atomic mass is 15.2. The van der Waals surface area contributed by atoms with E-state index in [4.69, 9.17) is 0 Å². The van der Waals surface area contributed by atoms with Crippen LogP contribution in [0.2, 0.25) is 0 Å². The molecule has 0 aromatic rings. The molecule has 2 heteroatoms. The van der Waals surface area contributed by atoms with Crippen molar-refractivity contribution in [3.05, 3.63) is 0 Å². The van der Waals surface area contributed by atoms with Crippen LogP contribution in [0.25, 0.3) is 0 Å². The molecule has 2 aliphatic rings. The first-order valence-electron chi connectivity index (χ1n) is 6.77. The number of hydrogen-bond donors (Lipinski definition) is 1. The van der Waals surface area contributed by atoms with E-state index in [-0.39, 0.29) is 0 Å². The Bertz CT molecular complexity index is 189. The van der Waals surface area contributed by atoms with Crippen LogP contribution in [-0.4, -0.2) is 36.6 Å². The Kier molecular flexibility index (Phi) is 4.04. The quantitative estimate of drug-likeness (QED) is 0.768. The molecule has 0 radical (unpaired) electrons. The molecule has 1 saturated heterocycles. The van der Waals surface area contributed by atoms with E-state index in [1.165, 1.54) is 51.7 Å². The van der Waals surface area contributed by atoms with Crippen LogP contribution < -0.4 is 5.32 Å². The van der Waals surface area contributed by atoms with Gasteiger partial charge in [-0.1, -0.05) is 13.3 Å². The van der Waals surface area contributed by atoms with E-state index < -0.39 is 0 Å². The molecule has 1 aliphatic carbocycles. The van der Waals surface area contributed by atoms with E-state index >= 15 is 0 Å². The number of hydrogen-bond acceptors (Lipinski definition) is 2. The standard InChI is InChI=1S/C13H26N2/c1-3-13-10-15(9-12-5-4-6-12)11(2)7-8-14-13/h11-14H,3-10H2,1-2H3. The van der Waals surface area contributed by atoms with E-state index in [9.17, 15) is 0 Å². The smallest absolute Gasteiger partial charge is 0.0192 e. The Morgan fingerprint density at radius 1 is 1.27 bits per heavy atom. The zero-order chi connectivity index (χ0) is 10.7. The summed E-state index contributed by atoms with van der Waals surface area (Å²) in [5, 5.41) is 3.66. The van der Waals surface area contributed by atoms with Crippen LogP contribution >= 0.6 is 0 Å². The molecule has 2 nitrogen and oxygen atoms in total. The summed E-state index contributed by atoms with van der Waals surface area (Å²) < 4.78 is 0. The largest absolute Gasteiger partial charge is 0.313 e. The summed E-state index contributed by atoms with van der Waals surface area (Å²) in [6.45, 7) is 8.54. The minimum atomic E-state index is 0.732. The Hall–Kier alpha value is -0.0800. The number of nitrogens with one attached hydrogen (secondary N) is 1. The van der Waals surface area contributed by atoms with Gasteiger partial charge in [-0.05, 0) is 45.1 Å². The fourth-order valence-electron chi connectivity index (χ4n) is 2.74. The van der Waals surface area contributed by atoms with Crippen molar-refractivity contribution in [1.82, 2.24) is 10.2 Å². The monoisotopic (exact) mass is 210 g/mol. The Morgan fingerprint density at radius 3 is 2.67 bits per heavy atom. The van der Waals surface area contributed by atoms with Gasteiger partial charge in [-0.2, -0.15) is 0 Å². The zero-order valence-electron chi connectivity index (χ0n) is 10.3. The van der Waals surface area contributed by atoms with Gasteiger partial charge in [-0.3, -0.25) is 4.90 Å². The predicted octanol–water partition coefficient (Wildman–Crippen LogP) is 2.25. The van der Waals surface area contributed by atoms with Crippen molar-refractivity contribution in [3.63, 3.8) is 0 Å². The molecule has 0 aromatic carbocycles. The Labute approximate surface area is 94.4 Å². The third-order valence-electron chi connectivity index (χ3n) is 4.28. The maximum absolute atomic E-state index is 3.66. The second-order valence-corrected chi connectivity index (χ2v) is 5.45. The van der Waals surface area contributed by atoms with Gasteiger partial charge in [0.2, 0.25) is 0 Å². The molecule has 1 saturated carbocycles. The minimum Gasteiger partial charge on any atom is -0.313 e. The van der Waals surface area contributed by atoms with Crippen molar-refractivity contribution in [1.29, 1.82) is 0 Å². The second kappa shape index (κ2) is 5.31. The van der Waals surface area contributed by atoms with Gasteiger partial charge < -0.3 is 5.32 Å². The average molecular weight is 210 g/mol. The molecule has 2 unspecified atom stereocenters. The first kappa shape index (κ1) is 11.4. The molecule has 2 rings (SSSR count). The lowest BCUT2D eigenvalue weighted by Gasteiger charge is -2.35. The third kappa shape index (κ3) is 2.94. The lowest BCUT2D eigenvalue weighted by molar-refractivity contribution is 0.137. The van der Waals surface area contributed by atoms with Crippen molar-refractivity contribution in [2.24, 2.45) is 5.92 Å². The third-order valence-corrected chi connectivity index (χ3v) is 4.28. The lowest BCUT2D eigenvalue weighted by Crippen LogP contribution is -2.43. The average Bonchev–Trinajstić information content (AvgIpc) is 2.34. The number of rotatable bonds is 3. The second-order valence-electron chi connectivity index (χ2n) is 5.45. The molecule has 0 spiro atoms.